The van der Waals surface area contributed by atoms with Gasteiger partial charge in [0.15, 0.2) is 0 Å². The number of rotatable bonds is 3. The van der Waals surface area contributed by atoms with Crippen molar-refractivity contribution in [1.29, 1.82) is 0 Å². The zero-order valence-corrected chi connectivity index (χ0v) is 14.2. The summed E-state index contributed by atoms with van der Waals surface area (Å²) in [7, 11) is 0. The molecule has 120 valence electrons. The lowest BCUT2D eigenvalue weighted by Crippen LogP contribution is -1.95. The van der Waals surface area contributed by atoms with E-state index in [0.717, 1.165) is 17.0 Å². The van der Waals surface area contributed by atoms with Crippen LogP contribution in [-0.2, 0) is 0 Å². The van der Waals surface area contributed by atoms with Gasteiger partial charge in [0.25, 0.3) is 0 Å². The Morgan fingerprint density at radius 1 is 0.640 bits per heavy atom. The molecular formula is C24H19N. The Kier molecular flexibility index (Phi) is 4.14. The molecule has 4 rings (SSSR count). The number of pyridine rings is 1. The smallest absolute Gasteiger partial charge is 0.0794 e. The van der Waals surface area contributed by atoms with Gasteiger partial charge in [0.1, 0.15) is 0 Å². The monoisotopic (exact) mass is 321 g/mol. The van der Waals surface area contributed by atoms with Gasteiger partial charge < -0.3 is 0 Å². The first-order valence-corrected chi connectivity index (χ1v) is 8.55. The van der Waals surface area contributed by atoms with Crippen molar-refractivity contribution >= 4 is 16.8 Å². The van der Waals surface area contributed by atoms with Crippen LogP contribution in [-0.4, -0.2) is 4.98 Å². The molecule has 1 nitrogen and oxygen atoms in total. The van der Waals surface area contributed by atoms with E-state index in [0.29, 0.717) is 0 Å². The second-order valence-electron chi connectivity index (χ2n) is 6.00. The Hall–Kier alpha value is -3.19. The third kappa shape index (κ3) is 2.85. The van der Waals surface area contributed by atoms with Gasteiger partial charge in [0.2, 0.25) is 0 Å². The van der Waals surface area contributed by atoms with Crippen LogP contribution in [0.25, 0.3) is 39.2 Å². The molecule has 0 amide bonds. The minimum absolute atomic E-state index is 1.01. The van der Waals surface area contributed by atoms with Crippen LogP contribution in [0.1, 0.15) is 12.6 Å². The molecule has 3 aromatic carbocycles. The van der Waals surface area contributed by atoms with Crippen LogP contribution in [0.2, 0.25) is 0 Å². The second-order valence-corrected chi connectivity index (χ2v) is 6.00. The largest absolute Gasteiger partial charge is 0.247 e. The number of fused-ring (bicyclic) bond motifs is 1. The third-order valence-electron chi connectivity index (χ3n) is 4.38. The average Bonchev–Trinajstić information content (AvgIpc) is 2.69. The Bertz CT molecular complexity index is 1030. The van der Waals surface area contributed by atoms with Crippen molar-refractivity contribution in [1.82, 2.24) is 4.98 Å². The highest BCUT2D eigenvalue weighted by molar-refractivity contribution is 6.05. The molecule has 0 spiro atoms. The van der Waals surface area contributed by atoms with E-state index in [9.17, 15) is 0 Å². The molecule has 1 heteroatoms. The second kappa shape index (κ2) is 6.74. The van der Waals surface area contributed by atoms with E-state index in [2.05, 4.69) is 84.9 Å². The lowest BCUT2D eigenvalue weighted by Gasteiger charge is -2.15. The van der Waals surface area contributed by atoms with Crippen molar-refractivity contribution in [3.63, 3.8) is 0 Å². The number of aromatic nitrogens is 1. The Morgan fingerprint density at radius 2 is 1.20 bits per heavy atom. The Labute approximate surface area is 148 Å². The molecule has 0 fully saturated rings. The first-order valence-electron chi connectivity index (χ1n) is 8.55. The van der Waals surface area contributed by atoms with E-state index in [4.69, 9.17) is 4.98 Å². The summed E-state index contributed by atoms with van der Waals surface area (Å²) in [6.07, 6.45) is 4.13. The SMILES string of the molecule is C/C=C/c1nc(-c2ccccc2)c(-c2ccccc2)c2ccccc12. The van der Waals surface area contributed by atoms with Crippen molar-refractivity contribution in [2.75, 3.05) is 0 Å². The molecule has 1 aromatic heterocycles. The van der Waals surface area contributed by atoms with E-state index < -0.39 is 0 Å². The predicted molar refractivity (Wildman–Crippen MR) is 107 cm³/mol. The van der Waals surface area contributed by atoms with Crippen LogP contribution in [0, 0.1) is 0 Å². The summed E-state index contributed by atoms with van der Waals surface area (Å²) in [6, 6.07) is 29.5. The summed E-state index contributed by atoms with van der Waals surface area (Å²) in [6.45, 7) is 2.03. The summed E-state index contributed by atoms with van der Waals surface area (Å²) in [4.78, 5) is 5.05. The van der Waals surface area contributed by atoms with Crippen LogP contribution in [0.3, 0.4) is 0 Å². The molecule has 0 unspecified atom stereocenters. The first-order chi connectivity index (χ1) is 12.4. The normalized spacial score (nSPS) is 11.2. The van der Waals surface area contributed by atoms with Crippen LogP contribution < -0.4 is 0 Å². The summed E-state index contributed by atoms with van der Waals surface area (Å²) in [5.41, 5.74) is 5.56. The maximum absolute atomic E-state index is 5.05. The van der Waals surface area contributed by atoms with Gasteiger partial charge in [0.05, 0.1) is 11.4 Å². The van der Waals surface area contributed by atoms with Crippen molar-refractivity contribution in [2.24, 2.45) is 0 Å². The van der Waals surface area contributed by atoms with Crippen LogP contribution in [0.5, 0.6) is 0 Å². The van der Waals surface area contributed by atoms with Crippen molar-refractivity contribution in [3.05, 3.63) is 96.7 Å². The fourth-order valence-electron chi connectivity index (χ4n) is 3.28. The third-order valence-corrected chi connectivity index (χ3v) is 4.38. The molecule has 4 aromatic rings. The Balaban J connectivity index is 2.15. The fraction of sp³-hybridized carbons (Fsp3) is 0.0417. The van der Waals surface area contributed by atoms with Gasteiger partial charge in [-0.15, -0.1) is 0 Å². The first kappa shape index (κ1) is 15.3. The highest BCUT2D eigenvalue weighted by Gasteiger charge is 2.15. The van der Waals surface area contributed by atoms with Gasteiger partial charge in [-0.25, -0.2) is 4.98 Å². The molecule has 0 saturated heterocycles. The molecule has 0 aliphatic carbocycles. The number of nitrogens with zero attached hydrogens (tertiary/aromatic N) is 1. The molecule has 0 aliphatic heterocycles. The van der Waals surface area contributed by atoms with E-state index in [-0.39, 0.29) is 0 Å². The molecule has 0 N–H and O–H groups in total. The maximum atomic E-state index is 5.05. The van der Waals surface area contributed by atoms with E-state index in [1.165, 1.54) is 21.9 Å². The van der Waals surface area contributed by atoms with Crippen molar-refractivity contribution in [3.8, 4) is 22.4 Å². The van der Waals surface area contributed by atoms with E-state index in [1.54, 1.807) is 0 Å². The lowest BCUT2D eigenvalue weighted by atomic mass is 9.93. The van der Waals surface area contributed by atoms with Crippen LogP contribution >= 0.6 is 0 Å². The Morgan fingerprint density at radius 3 is 1.84 bits per heavy atom. The summed E-state index contributed by atoms with van der Waals surface area (Å²) >= 11 is 0. The minimum atomic E-state index is 1.01. The van der Waals surface area contributed by atoms with Gasteiger partial charge in [-0.3, -0.25) is 0 Å². The highest BCUT2D eigenvalue weighted by Crippen LogP contribution is 2.38. The topological polar surface area (TPSA) is 12.9 Å². The number of hydrogen-bond donors (Lipinski definition) is 0. The van der Waals surface area contributed by atoms with Gasteiger partial charge in [-0.1, -0.05) is 91.0 Å². The van der Waals surface area contributed by atoms with Gasteiger partial charge in [-0.2, -0.15) is 0 Å². The van der Waals surface area contributed by atoms with E-state index in [1.807, 2.05) is 19.1 Å². The highest BCUT2D eigenvalue weighted by atomic mass is 14.7. The molecule has 0 radical (unpaired) electrons. The minimum Gasteiger partial charge on any atom is -0.247 e. The fourth-order valence-corrected chi connectivity index (χ4v) is 3.28. The lowest BCUT2D eigenvalue weighted by molar-refractivity contribution is 1.32. The summed E-state index contributed by atoms with van der Waals surface area (Å²) in [5.74, 6) is 0. The van der Waals surface area contributed by atoms with Gasteiger partial charge in [-0.05, 0) is 23.9 Å². The number of allylic oxidation sites excluding steroid dienone is 1. The molecule has 0 bridgehead atoms. The quantitative estimate of drug-likeness (QED) is 0.414. The van der Waals surface area contributed by atoms with Crippen LogP contribution in [0.4, 0.5) is 0 Å². The molecule has 0 saturated carbocycles. The predicted octanol–water partition coefficient (Wildman–Crippen LogP) is 6.60. The van der Waals surface area contributed by atoms with Crippen LogP contribution in [0.15, 0.2) is 91.0 Å². The standard InChI is InChI=1S/C24H19N/c1-2-11-22-20-16-9-10-17-21(20)23(18-12-5-3-6-13-18)24(25-22)19-14-7-4-8-15-19/h2-17H,1H3/b11-2+. The van der Waals surface area contributed by atoms with Gasteiger partial charge in [0, 0.05) is 16.5 Å². The molecule has 25 heavy (non-hydrogen) atoms. The average molecular weight is 321 g/mol. The molecule has 1 heterocycles. The maximum Gasteiger partial charge on any atom is 0.0794 e. The summed E-state index contributed by atoms with van der Waals surface area (Å²) in [5, 5.41) is 2.41. The van der Waals surface area contributed by atoms with Crippen molar-refractivity contribution in [2.45, 2.75) is 6.92 Å². The summed E-state index contributed by atoms with van der Waals surface area (Å²) < 4.78 is 0. The molecular weight excluding hydrogens is 302 g/mol. The molecule has 0 aliphatic rings. The zero-order valence-electron chi connectivity index (χ0n) is 14.2. The van der Waals surface area contributed by atoms with Crippen molar-refractivity contribution < 1.29 is 0 Å². The van der Waals surface area contributed by atoms with Gasteiger partial charge >= 0.3 is 0 Å². The number of hydrogen-bond acceptors (Lipinski definition) is 1. The number of benzene rings is 3. The van der Waals surface area contributed by atoms with E-state index >= 15 is 0 Å². The zero-order chi connectivity index (χ0) is 17.1. The molecule has 0 atom stereocenters.